The summed E-state index contributed by atoms with van der Waals surface area (Å²) in [7, 11) is 1.76. The Labute approximate surface area is 97.8 Å². The molecule has 1 aromatic carbocycles. The third kappa shape index (κ3) is 1.39. The molecule has 0 saturated heterocycles. The third-order valence-electron chi connectivity index (χ3n) is 2.96. The molecule has 0 unspecified atom stereocenters. The standard InChI is InChI=1S/C12H11N3O2/c1-15-11(16)5-7-3-2-4-8(12(7)15)9-6-10(13)14-17-9/h2-4,6H,5H2,1H3,(H2,13,14). The first-order valence-corrected chi connectivity index (χ1v) is 5.28. The number of para-hydroxylation sites is 1. The van der Waals surface area contributed by atoms with Crippen LogP contribution in [0.4, 0.5) is 11.5 Å². The number of nitrogen functional groups attached to an aromatic ring is 1. The van der Waals surface area contributed by atoms with Gasteiger partial charge in [-0.15, -0.1) is 0 Å². The van der Waals surface area contributed by atoms with E-state index in [0.29, 0.717) is 18.0 Å². The molecule has 2 aromatic rings. The number of hydrogen-bond acceptors (Lipinski definition) is 4. The molecule has 5 nitrogen and oxygen atoms in total. The summed E-state index contributed by atoms with van der Waals surface area (Å²) in [6, 6.07) is 7.40. The topological polar surface area (TPSA) is 72.4 Å². The molecule has 2 heterocycles. The van der Waals surface area contributed by atoms with Gasteiger partial charge in [-0.25, -0.2) is 0 Å². The zero-order valence-electron chi connectivity index (χ0n) is 9.30. The maximum absolute atomic E-state index is 11.7. The molecule has 1 amide bonds. The molecule has 2 N–H and O–H groups in total. The lowest BCUT2D eigenvalue weighted by Gasteiger charge is -2.13. The number of carbonyl (C=O) groups is 1. The molecular weight excluding hydrogens is 218 g/mol. The zero-order chi connectivity index (χ0) is 12.0. The lowest BCUT2D eigenvalue weighted by Crippen LogP contribution is -2.21. The summed E-state index contributed by atoms with van der Waals surface area (Å²) in [6.45, 7) is 0. The van der Waals surface area contributed by atoms with Crippen LogP contribution in [0.1, 0.15) is 5.56 Å². The van der Waals surface area contributed by atoms with Gasteiger partial charge in [0.05, 0.1) is 12.1 Å². The average Bonchev–Trinajstić information content (AvgIpc) is 2.85. The number of likely N-dealkylation sites (N-methyl/N-ethyl adjacent to an activating group) is 1. The van der Waals surface area contributed by atoms with E-state index in [1.807, 2.05) is 18.2 Å². The van der Waals surface area contributed by atoms with Gasteiger partial charge < -0.3 is 15.2 Å². The largest absolute Gasteiger partial charge is 0.381 e. The summed E-state index contributed by atoms with van der Waals surface area (Å²) in [5.41, 5.74) is 8.27. The lowest BCUT2D eigenvalue weighted by molar-refractivity contribution is -0.117. The Morgan fingerprint density at radius 2 is 2.29 bits per heavy atom. The summed E-state index contributed by atoms with van der Waals surface area (Å²) in [5, 5.41) is 3.66. The summed E-state index contributed by atoms with van der Waals surface area (Å²) < 4.78 is 5.15. The van der Waals surface area contributed by atoms with Crippen LogP contribution in [-0.4, -0.2) is 18.1 Å². The highest BCUT2D eigenvalue weighted by Gasteiger charge is 2.27. The number of aromatic nitrogens is 1. The molecule has 86 valence electrons. The highest BCUT2D eigenvalue weighted by molar-refractivity contribution is 6.05. The maximum Gasteiger partial charge on any atom is 0.231 e. The predicted molar refractivity (Wildman–Crippen MR) is 63.5 cm³/mol. The van der Waals surface area contributed by atoms with Gasteiger partial charge >= 0.3 is 0 Å². The monoisotopic (exact) mass is 229 g/mol. The van der Waals surface area contributed by atoms with Gasteiger partial charge in [0.15, 0.2) is 11.6 Å². The molecule has 1 aliphatic rings. The number of carbonyl (C=O) groups excluding carboxylic acids is 1. The molecule has 0 spiro atoms. The van der Waals surface area contributed by atoms with Gasteiger partial charge in [0.25, 0.3) is 0 Å². The second-order valence-corrected chi connectivity index (χ2v) is 4.06. The van der Waals surface area contributed by atoms with Crippen LogP contribution < -0.4 is 10.6 Å². The van der Waals surface area contributed by atoms with Crippen molar-refractivity contribution in [3.05, 3.63) is 29.8 Å². The van der Waals surface area contributed by atoms with Crippen LogP contribution in [0.2, 0.25) is 0 Å². The molecule has 0 saturated carbocycles. The zero-order valence-corrected chi connectivity index (χ0v) is 9.30. The first-order valence-electron chi connectivity index (χ1n) is 5.28. The van der Waals surface area contributed by atoms with E-state index in [2.05, 4.69) is 5.16 Å². The fraction of sp³-hybridized carbons (Fsp3) is 0.167. The molecule has 17 heavy (non-hydrogen) atoms. The van der Waals surface area contributed by atoms with E-state index in [9.17, 15) is 4.79 Å². The highest BCUT2D eigenvalue weighted by Crippen LogP contribution is 2.38. The van der Waals surface area contributed by atoms with Crippen LogP contribution >= 0.6 is 0 Å². The summed E-state index contributed by atoms with van der Waals surface area (Å²) in [5.74, 6) is 1.01. The Morgan fingerprint density at radius 1 is 1.47 bits per heavy atom. The highest BCUT2D eigenvalue weighted by atomic mass is 16.5. The van der Waals surface area contributed by atoms with Crippen molar-refractivity contribution < 1.29 is 9.32 Å². The van der Waals surface area contributed by atoms with E-state index in [4.69, 9.17) is 10.3 Å². The molecular formula is C12H11N3O2. The van der Waals surface area contributed by atoms with E-state index in [0.717, 1.165) is 16.8 Å². The molecule has 5 heteroatoms. The normalized spacial score (nSPS) is 14.2. The molecule has 0 radical (unpaired) electrons. The lowest BCUT2D eigenvalue weighted by atomic mass is 10.1. The SMILES string of the molecule is CN1C(=O)Cc2cccc(-c3cc(N)no3)c21. The van der Waals surface area contributed by atoms with Gasteiger partial charge in [0.1, 0.15) is 0 Å². The number of rotatable bonds is 1. The van der Waals surface area contributed by atoms with Gasteiger partial charge in [-0.1, -0.05) is 17.3 Å². The second kappa shape index (κ2) is 3.35. The first-order chi connectivity index (χ1) is 8.16. The molecule has 0 fully saturated rings. The van der Waals surface area contributed by atoms with Crippen molar-refractivity contribution in [1.82, 2.24) is 5.16 Å². The predicted octanol–water partition coefficient (Wildman–Crippen LogP) is 1.44. The fourth-order valence-corrected chi connectivity index (χ4v) is 2.15. The van der Waals surface area contributed by atoms with Crippen LogP contribution in [0, 0.1) is 0 Å². The Balaban J connectivity index is 2.20. The minimum Gasteiger partial charge on any atom is -0.381 e. The Hall–Kier alpha value is -2.30. The number of anilines is 2. The van der Waals surface area contributed by atoms with Gasteiger partial charge in [-0.2, -0.15) is 0 Å². The van der Waals surface area contributed by atoms with Crippen molar-refractivity contribution in [2.75, 3.05) is 17.7 Å². The van der Waals surface area contributed by atoms with Crippen LogP contribution in [0.15, 0.2) is 28.8 Å². The van der Waals surface area contributed by atoms with Crippen molar-refractivity contribution >= 4 is 17.4 Å². The first kappa shape index (κ1) is 9.89. The second-order valence-electron chi connectivity index (χ2n) is 4.06. The van der Waals surface area contributed by atoms with E-state index in [1.165, 1.54) is 0 Å². The maximum atomic E-state index is 11.7. The minimum atomic E-state index is 0.0833. The Bertz CT molecular complexity index is 604. The van der Waals surface area contributed by atoms with Gasteiger partial charge in [-0.05, 0) is 11.6 Å². The van der Waals surface area contributed by atoms with E-state index >= 15 is 0 Å². The van der Waals surface area contributed by atoms with Crippen LogP contribution in [0.5, 0.6) is 0 Å². The van der Waals surface area contributed by atoms with Crippen LogP contribution in [0.3, 0.4) is 0 Å². The number of hydrogen-bond donors (Lipinski definition) is 1. The van der Waals surface area contributed by atoms with Crippen molar-refractivity contribution in [2.24, 2.45) is 0 Å². The summed E-state index contributed by atoms with van der Waals surface area (Å²) >= 11 is 0. The van der Waals surface area contributed by atoms with Crippen LogP contribution in [-0.2, 0) is 11.2 Å². The summed E-state index contributed by atoms with van der Waals surface area (Å²) in [4.78, 5) is 13.3. The number of nitrogens with two attached hydrogens (primary N) is 1. The van der Waals surface area contributed by atoms with E-state index in [1.54, 1.807) is 18.0 Å². The molecule has 1 aliphatic heterocycles. The average molecular weight is 229 g/mol. The number of amides is 1. The third-order valence-corrected chi connectivity index (χ3v) is 2.96. The van der Waals surface area contributed by atoms with Crippen LogP contribution in [0.25, 0.3) is 11.3 Å². The Morgan fingerprint density at radius 3 is 3.00 bits per heavy atom. The van der Waals surface area contributed by atoms with E-state index in [-0.39, 0.29) is 5.91 Å². The van der Waals surface area contributed by atoms with Gasteiger partial charge in [-0.3, -0.25) is 4.79 Å². The number of fused-ring (bicyclic) bond motifs is 1. The Kier molecular flexibility index (Phi) is 1.95. The van der Waals surface area contributed by atoms with Crippen molar-refractivity contribution in [2.45, 2.75) is 6.42 Å². The fourth-order valence-electron chi connectivity index (χ4n) is 2.15. The number of benzene rings is 1. The van der Waals surface area contributed by atoms with Gasteiger partial charge in [0.2, 0.25) is 5.91 Å². The van der Waals surface area contributed by atoms with Crippen molar-refractivity contribution in [3.8, 4) is 11.3 Å². The number of nitrogens with zero attached hydrogens (tertiary/aromatic N) is 2. The van der Waals surface area contributed by atoms with Gasteiger partial charge in [0, 0.05) is 18.7 Å². The minimum absolute atomic E-state index is 0.0833. The van der Waals surface area contributed by atoms with Crippen molar-refractivity contribution in [1.29, 1.82) is 0 Å². The molecule has 0 atom stereocenters. The molecule has 0 bridgehead atoms. The molecule has 1 aromatic heterocycles. The quantitative estimate of drug-likeness (QED) is 0.803. The van der Waals surface area contributed by atoms with Crippen molar-refractivity contribution in [3.63, 3.8) is 0 Å². The molecule has 3 rings (SSSR count). The summed E-state index contributed by atoms with van der Waals surface area (Å²) in [6.07, 6.45) is 0.434. The molecule has 0 aliphatic carbocycles. The van der Waals surface area contributed by atoms with E-state index < -0.39 is 0 Å². The smallest absolute Gasteiger partial charge is 0.231 e.